The van der Waals surface area contributed by atoms with Gasteiger partial charge in [-0.05, 0) is 37.5 Å². The van der Waals surface area contributed by atoms with E-state index in [4.69, 9.17) is 4.74 Å². The molecule has 1 N–H and O–H groups in total. The lowest BCUT2D eigenvalue weighted by Gasteiger charge is -2.25. The molecule has 2 unspecified atom stereocenters. The SMILES string of the molecule is Cc1ccc(OCCC(=O)N2CC(O)CC2c2ccccc2)c(C)c1. The van der Waals surface area contributed by atoms with Gasteiger partial charge in [-0.3, -0.25) is 4.79 Å². The normalized spacial score (nSPS) is 19.9. The van der Waals surface area contributed by atoms with Crippen LogP contribution in [0, 0.1) is 13.8 Å². The Bertz CT molecular complexity index is 729. The van der Waals surface area contributed by atoms with Gasteiger partial charge in [-0.25, -0.2) is 0 Å². The lowest BCUT2D eigenvalue weighted by molar-refractivity contribution is -0.133. The van der Waals surface area contributed by atoms with Crippen molar-refractivity contribution >= 4 is 5.91 Å². The fourth-order valence-electron chi connectivity index (χ4n) is 3.43. The Morgan fingerprint density at radius 3 is 2.68 bits per heavy atom. The molecule has 0 bridgehead atoms. The van der Waals surface area contributed by atoms with Crippen LogP contribution in [0.15, 0.2) is 48.5 Å². The number of hydrogen-bond acceptors (Lipinski definition) is 3. The van der Waals surface area contributed by atoms with Crippen LogP contribution in [0.1, 0.15) is 35.6 Å². The zero-order chi connectivity index (χ0) is 17.8. The molecule has 0 aliphatic carbocycles. The summed E-state index contributed by atoms with van der Waals surface area (Å²) in [6.45, 7) is 4.79. The van der Waals surface area contributed by atoms with Gasteiger partial charge in [-0.2, -0.15) is 0 Å². The highest BCUT2D eigenvalue weighted by Gasteiger charge is 2.34. The Kier molecular flexibility index (Phi) is 5.39. The molecule has 132 valence electrons. The molecular formula is C21H25NO3. The van der Waals surface area contributed by atoms with E-state index in [0.29, 0.717) is 26.0 Å². The maximum Gasteiger partial charge on any atom is 0.226 e. The van der Waals surface area contributed by atoms with Crippen LogP contribution in [0.5, 0.6) is 5.75 Å². The summed E-state index contributed by atoms with van der Waals surface area (Å²) < 4.78 is 5.78. The number of amides is 1. The summed E-state index contributed by atoms with van der Waals surface area (Å²) in [5.41, 5.74) is 3.34. The van der Waals surface area contributed by atoms with Crippen molar-refractivity contribution in [3.63, 3.8) is 0 Å². The molecule has 25 heavy (non-hydrogen) atoms. The highest BCUT2D eigenvalue weighted by atomic mass is 16.5. The predicted molar refractivity (Wildman–Crippen MR) is 97.5 cm³/mol. The maximum absolute atomic E-state index is 12.6. The first kappa shape index (κ1) is 17.5. The fourth-order valence-corrected chi connectivity index (χ4v) is 3.43. The number of aryl methyl sites for hydroxylation is 2. The molecule has 1 aliphatic rings. The molecule has 2 atom stereocenters. The van der Waals surface area contributed by atoms with Crippen molar-refractivity contribution in [2.45, 2.75) is 38.8 Å². The van der Waals surface area contributed by atoms with Gasteiger partial charge >= 0.3 is 0 Å². The topological polar surface area (TPSA) is 49.8 Å². The van der Waals surface area contributed by atoms with Gasteiger partial charge in [0.1, 0.15) is 5.75 Å². The van der Waals surface area contributed by atoms with Gasteiger partial charge in [-0.15, -0.1) is 0 Å². The van der Waals surface area contributed by atoms with Crippen molar-refractivity contribution in [1.29, 1.82) is 0 Å². The van der Waals surface area contributed by atoms with Gasteiger partial charge < -0.3 is 14.7 Å². The van der Waals surface area contributed by atoms with E-state index in [2.05, 4.69) is 6.07 Å². The first-order valence-corrected chi connectivity index (χ1v) is 8.77. The number of hydrogen-bond donors (Lipinski definition) is 1. The first-order chi connectivity index (χ1) is 12.0. The molecular weight excluding hydrogens is 314 g/mol. The number of aliphatic hydroxyl groups excluding tert-OH is 1. The molecule has 3 rings (SSSR count). The smallest absolute Gasteiger partial charge is 0.226 e. The van der Waals surface area contributed by atoms with E-state index < -0.39 is 6.10 Å². The second-order valence-corrected chi connectivity index (χ2v) is 6.73. The zero-order valence-electron chi connectivity index (χ0n) is 14.8. The quantitative estimate of drug-likeness (QED) is 0.908. The molecule has 2 aromatic carbocycles. The number of nitrogens with zero attached hydrogens (tertiary/aromatic N) is 1. The van der Waals surface area contributed by atoms with E-state index in [9.17, 15) is 9.90 Å². The highest BCUT2D eigenvalue weighted by Crippen LogP contribution is 2.32. The summed E-state index contributed by atoms with van der Waals surface area (Å²) in [4.78, 5) is 14.4. The van der Waals surface area contributed by atoms with E-state index in [1.54, 1.807) is 4.90 Å². The molecule has 1 saturated heterocycles. The second kappa shape index (κ2) is 7.70. The minimum Gasteiger partial charge on any atom is -0.493 e. The summed E-state index contributed by atoms with van der Waals surface area (Å²) in [5.74, 6) is 0.842. The second-order valence-electron chi connectivity index (χ2n) is 6.73. The average molecular weight is 339 g/mol. The molecule has 1 amide bonds. The number of likely N-dealkylation sites (tertiary alicyclic amines) is 1. The standard InChI is InChI=1S/C21H25NO3/c1-15-8-9-20(16(2)12-15)25-11-10-21(24)22-14-18(23)13-19(22)17-6-4-3-5-7-17/h3-9,12,18-19,23H,10-11,13-14H2,1-2H3. The number of carbonyl (C=O) groups excluding carboxylic acids is 1. The molecule has 4 nitrogen and oxygen atoms in total. The van der Waals surface area contributed by atoms with Crippen LogP contribution >= 0.6 is 0 Å². The van der Waals surface area contributed by atoms with Crippen molar-refractivity contribution in [1.82, 2.24) is 4.90 Å². The van der Waals surface area contributed by atoms with Crippen LogP contribution in [0.3, 0.4) is 0 Å². The molecule has 0 saturated carbocycles. The van der Waals surface area contributed by atoms with Crippen LogP contribution in [0.2, 0.25) is 0 Å². The Hall–Kier alpha value is -2.33. The number of benzene rings is 2. The van der Waals surface area contributed by atoms with Crippen LogP contribution < -0.4 is 4.74 Å². The van der Waals surface area contributed by atoms with E-state index in [0.717, 1.165) is 16.9 Å². The van der Waals surface area contributed by atoms with Crippen LogP contribution in [-0.2, 0) is 4.79 Å². The van der Waals surface area contributed by atoms with E-state index >= 15 is 0 Å². The molecule has 2 aromatic rings. The summed E-state index contributed by atoms with van der Waals surface area (Å²) in [6.07, 6.45) is 0.436. The molecule has 4 heteroatoms. The van der Waals surface area contributed by atoms with Crippen molar-refractivity contribution in [2.75, 3.05) is 13.2 Å². The minimum atomic E-state index is -0.464. The van der Waals surface area contributed by atoms with Crippen molar-refractivity contribution in [3.05, 3.63) is 65.2 Å². The fraction of sp³-hybridized carbons (Fsp3) is 0.381. The third kappa shape index (κ3) is 4.20. The summed E-state index contributed by atoms with van der Waals surface area (Å²) >= 11 is 0. The van der Waals surface area contributed by atoms with Crippen LogP contribution in [-0.4, -0.2) is 35.2 Å². The Balaban J connectivity index is 1.60. The Morgan fingerprint density at radius 2 is 1.96 bits per heavy atom. The van der Waals surface area contributed by atoms with Crippen LogP contribution in [0.25, 0.3) is 0 Å². The van der Waals surface area contributed by atoms with Crippen molar-refractivity contribution in [2.24, 2.45) is 0 Å². The van der Waals surface area contributed by atoms with E-state index in [1.165, 1.54) is 5.56 Å². The number of aliphatic hydroxyl groups is 1. The summed E-state index contributed by atoms with van der Waals surface area (Å²) in [6, 6.07) is 15.9. The van der Waals surface area contributed by atoms with Gasteiger partial charge in [0.05, 0.1) is 25.2 Å². The molecule has 0 aromatic heterocycles. The molecule has 0 spiro atoms. The van der Waals surface area contributed by atoms with Gasteiger partial charge in [0.25, 0.3) is 0 Å². The molecule has 1 aliphatic heterocycles. The highest BCUT2D eigenvalue weighted by molar-refractivity contribution is 5.77. The lowest BCUT2D eigenvalue weighted by Crippen LogP contribution is -2.32. The predicted octanol–water partition coefficient (Wildman–Crippen LogP) is 3.41. The Morgan fingerprint density at radius 1 is 1.20 bits per heavy atom. The van der Waals surface area contributed by atoms with E-state index in [1.807, 2.05) is 56.3 Å². The monoisotopic (exact) mass is 339 g/mol. The third-order valence-corrected chi connectivity index (χ3v) is 4.69. The number of carbonyl (C=O) groups is 1. The lowest BCUT2D eigenvalue weighted by atomic mass is 10.0. The average Bonchev–Trinajstić information content (AvgIpc) is 2.99. The molecule has 1 fully saturated rings. The summed E-state index contributed by atoms with van der Waals surface area (Å²) in [5, 5.41) is 10.0. The van der Waals surface area contributed by atoms with Gasteiger partial charge in [0.2, 0.25) is 5.91 Å². The largest absolute Gasteiger partial charge is 0.493 e. The third-order valence-electron chi connectivity index (χ3n) is 4.69. The Labute approximate surface area is 149 Å². The maximum atomic E-state index is 12.6. The first-order valence-electron chi connectivity index (χ1n) is 8.77. The minimum absolute atomic E-state index is 0.0233. The number of β-amino-alcohol motifs (C(OH)–C–C–N with tert-alkyl or cyclic N) is 1. The van der Waals surface area contributed by atoms with Crippen molar-refractivity contribution < 1.29 is 14.6 Å². The van der Waals surface area contributed by atoms with Gasteiger partial charge in [0.15, 0.2) is 0 Å². The zero-order valence-corrected chi connectivity index (χ0v) is 14.8. The van der Waals surface area contributed by atoms with Crippen LogP contribution in [0.4, 0.5) is 0 Å². The van der Waals surface area contributed by atoms with Crippen molar-refractivity contribution in [3.8, 4) is 5.75 Å². The molecule has 0 radical (unpaired) electrons. The number of rotatable bonds is 5. The molecule has 1 heterocycles. The summed E-state index contributed by atoms with van der Waals surface area (Å²) in [7, 11) is 0. The van der Waals surface area contributed by atoms with E-state index in [-0.39, 0.29) is 11.9 Å². The number of ether oxygens (including phenoxy) is 1. The van der Waals surface area contributed by atoms with Gasteiger partial charge in [-0.1, -0.05) is 48.0 Å². The van der Waals surface area contributed by atoms with Gasteiger partial charge in [0, 0.05) is 6.54 Å².